The third kappa shape index (κ3) is 15.8. The first-order valence-electron chi connectivity index (χ1n) is 41.3. The highest BCUT2D eigenvalue weighted by Crippen LogP contribution is 2.57. The zero-order valence-electron chi connectivity index (χ0n) is 68.7. The smallest absolute Gasteiger partial charge is 0.332 e. The molecule has 8 saturated heterocycles. The van der Waals surface area contributed by atoms with E-state index in [1.807, 2.05) is 224 Å². The van der Waals surface area contributed by atoms with Gasteiger partial charge in [0, 0.05) is 124 Å². The average molecular weight is 1830 g/mol. The minimum Gasteiger partial charge on any atom is -0.379 e. The predicted molar refractivity (Wildman–Crippen MR) is 503 cm³/mol. The Hall–Kier alpha value is -10.2. The van der Waals surface area contributed by atoms with Gasteiger partial charge in [-0.15, -0.1) is 0 Å². The molecule has 12 aromatic carbocycles. The Morgan fingerprint density at radius 2 is 0.504 bits per heavy atom. The van der Waals surface area contributed by atoms with Crippen LogP contribution in [0.3, 0.4) is 0 Å². The van der Waals surface area contributed by atoms with Crippen molar-refractivity contribution in [3.05, 3.63) is 376 Å². The average Bonchev–Trinajstić information content (AvgIpc) is 1.65. The highest BCUT2D eigenvalue weighted by Gasteiger charge is 2.71. The lowest BCUT2D eigenvalue weighted by Gasteiger charge is -2.44. The molecule has 0 saturated carbocycles. The minimum atomic E-state index is -1.68. The van der Waals surface area contributed by atoms with E-state index in [4.69, 9.17) is 112 Å². The molecule has 8 atom stereocenters. The van der Waals surface area contributed by atoms with Crippen molar-refractivity contribution >= 4 is 162 Å². The number of carbonyl (C=O) groups is 4. The summed E-state index contributed by atoms with van der Waals surface area (Å²) in [4.78, 5) is 70.7. The maximum atomic E-state index is 14.1. The molecule has 8 fully saturated rings. The molecule has 8 heterocycles. The second kappa shape index (κ2) is 35.9. The first-order chi connectivity index (χ1) is 60.4. The molecule has 8 aliphatic heterocycles. The number of amides is 8. The molecule has 8 amide bonds. The molecule has 0 radical (unpaired) electrons. The molecule has 8 aliphatic rings. The predicted octanol–water partition coefficient (Wildman–Crippen LogP) is 25.1. The topological polar surface area (TPSA) is 151 Å². The Morgan fingerprint density at radius 1 is 0.272 bits per heavy atom. The number of rotatable bonds is 12. The standard InChI is InChI=1S/C25H22Cl2N2O3.3C25H22Cl2N2O2/c1-17-3-2-4-18(15-17)25(31)24(13-14-32-16-24)28(21-9-5-19(26)6-10-21)23(30)29(25)22-11-7-20(27)8-12-22;3*1-17-3-2-4-18(15-17)25-16-31-14-13-23(25)28(21-9-5-19(26)6-10-21)24(30)29(25)22-11-7-20(27)8-12-22/h2-12,15,31H,13-14,16H2,1H3;3*2-12,15,23H,13-14,16H2,1H3/t;2*23?,25-;/m.10./s1. The van der Waals surface area contributed by atoms with E-state index in [2.05, 4.69) is 75.4 Å². The number of anilines is 8. The lowest BCUT2D eigenvalue weighted by molar-refractivity contribution is -0.0212. The third-order valence-electron chi connectivity index (χ3n) is 25.0. The van der Waals surface area contributed by atoms with Gasteiger partial charge in [-0.1, -0.05) is 212 Å². The van der Waals surface area contributed by atoms with Crippen molar-refractivity contribution < 1.29 is 43.2 Å². The second-order valence-corrected chi connectivity index (χ2v) is 36.0. The van der Waals surface area contributed by atoms with Crippen LogP contribution in [-0.2, 0) is 41.3 Å². The minimum absolute atomic E-state index is 0.0818. The summed E-state index contributed by atoms with van der Waals surface area (Å²) in [5.41, 5.74) is 9.61. The fraction of sp³-hybridized carbons (Fsp3) is 0.240. The Kier molecular flexibility index (Phi) is 25.0. The van der Waals surface area contributed by atoms with E-state index < -0.39 is 27.9 Å². The van der Waals surface area contributed by atoms with Crippen molar-refractivity contribution in [3.63, 3.8) is 0 Å². The molecule has 17 nitrogen and oxygen atoms in total. The maximum absolute atomic E-state index is 14.1. The van der Waals surface area contributed by atoms with E-state index in [9.17, 15) is 24.3 Å². The third-order valence-corrected chi connectivity index (χ3v) is 27.1. The first-order valence-corrected chi connectivity index (χ1v) is 44.3. The van der Waals surface area contributed by atoms with E-state index in [1.54, 1.807) is 53.4 Å². The van der Waals surface area contributed by atoms with Crippen LogP contribution in [0.2, 0.25) is 40.2 Å². The highest BCUT2D eigenvalue weighted by atomic mass is 35.5. The lowest BCUT2D eigenvalue weighted by atomic mass is 9.79. The van der Waals surface area contributed by atoms with Crippen LogP contribution in [0.4, 0.5) is 64.7 Å². The fourth-order valence-electron chi connectivity index (χ4n) is 19.5. The summed E-state index contributed by atoms with van der Waals surface area (Å²) in [5, 5.41) is 17.5. The number of aryl methyl sites for hydroxylation is 4. The SMILES string of the molecule is Cc1cccc(C2(O)N(c3ccc(Cl)cc3)C(=O)N(c3ccc(Cl)cc3)C23CCOC3)c1.Cc1cccc(C23COCCC2N(c2ccc(Cl)cc2)C(=O)N3c2ccc(Cl)cc2)c1.Cc1cccc([C@@]23COCCC2N(c2ccc(Cl)cc2)C(=O)N3c2ccc(Cl)cc2)c1.Cc1cccc([C@]23COCCC2N(c2ccc(Cl)cc2)C(=O)N3c2ccc(Cl)cc2)c1. The van der Waals surface area contributed by atoms with Gasteiger partial charge in [0.25, 0.3) is 0 Å². The van der Waals surface area contributed by atoms with Gasteiger partial charge in [0.05, 0.1) is 44.6 Å². The number of hydrogen-bond acceptors (Lipinski definition) is 9. The summed E-state index contributed by atoms with van der Waals surface area (Å²) < 4.78 is 24.0. The molecule has 125 heavy (non-hydrogen) atoms. The summed E-state index contributed by atoms with van der Waals surface area (Å²) in [7, 11) is 0. The van der Waals surface area contributed by atoms with Crippen molar-refractivity contribution in [1.29, 1.82) is 0 Å². The number of aliphatic hydroxyl groups is 1. The van der Waals surface area contributed by atoms with Crippen LogP contribution in [-0.4, -0.2) is 106 Å². The van der Waals surface area contributed by atoms with Crippen molar-refractivity contribution in [1.82, 2.24) is 0 Å². The fourth-order valence-corrected chi connectivity index (χ4v) is 20.5. The van der Waals surface area contributed by atoms with Crippen molar-refractivity contribution in [2.45, 2.75) is 99.4 Å². The molecule has 12 aromatic rings. The van der Waals surface area contributed by atoms with Gasteiger partial charge in [-0.25, -0.2) is 19.2 Å². The molecule has 1 spiro atoms. The molecule has 0 aromatic heterocycles. The Bertz CT molecular complexity index is 5540. The van der Waals surface area contributed by atoms with Crippen LogP contribution >= 0.6 is 92.8 Å². The Balaban J connectivity index is 0.000000118. The highest BCUT2D eigenvalue weighted by molar-refractivity contribution is 6.33. The van der Waals surface area contributed by atoms with E-state index >= 15 is 0 Å². The van der Waals surface area contributed by atoms with Crippen LogP contribution < -0.4 is 39.2 Å². The maximum Gasteiger partial charge on any atom is 0.332 e. The Labute approximate surface area is 767 Å². The van der Waals surface area contributed by atoms with Gasteiger partial charge in [-0.3, -0.25) is 39.2 Å². The van der Waals surface area contributed by atoms with Gasteiger partial charge in [0.15, 0.2) is 5.72 Å². The van der Waals surface area contributed by atoms with Gasteiger partial charge in [-0.2, -0.15) is 0 Å². The monoisotopic (exact) mass is 1820 g/mol. The first kappa shape index (κ1) is 86.9. The number of carbonyl (C=O) groups excluding carboxylic acids is 4. The van der Waals surface area contributed by atoms with Gasteiger partial charge in [0.2, 0.25) is 0 Å². The summed E-state index contributed by atoms with van der Waals surface area (Å²) in [6, 6.07) is 90.5. The van der Waals surface area contributed by atoms with Gasteiger partial charge in [-0.05, 0) is 258 Å². The van der Waals surface area contributed by atoms with Gasteiger partial charge < -0.3 is 24.1 Å². The molecule has 0 bridgehead atoms. The summed E-state index contributed by atoms with van der Waals surface area (Å²) in [6.07, 6.45) is 2.65. The molecule has 1 N–H and O–H groups in total. The largest absolute Gasteiger partial charge is 0.379 e. The molecular formula is C100H88Cl8N8O9. The Morgan fingerprint density at radius 3 is 0.760 bits per heavy atom. The molecule has 20 rings (SSSR count). The van der Waals surface area contributed by atoms with Gasteiger partial charge >= 0.3 is 24.1 Å². The number of halogens is 8. The van der Waals surface area contributed by atoms with E-state index in [1.165, 1.54) is 4.90 Å². The number of ether oxygens (including phenoxy) is 4. The van der Waals surface area contributed by atoms with E-state index in [0.717, 1.165) is 92.3 Å². The number of fused-ring (bicyclic) bond motifs is 3. The van der Waals surface area contributed by atoms with Crippen molar-refractivity contribution in [2.75, 3.05) is 92.1 Å². The van der Waals surface area contributed by atoms with Crippen molar-refractivity contribution in [3.8, 4) is 0 Å². The zero-order chi connectivity index (χ0) is 87.3. The zero-order valence-corrected chi connectivity index (χ0v) is 74.8. The quantitative estimate of drug-likeness (QED) is 0.126. The van der Waals surface area contributed by atoms with Crippen LogP contribution in [0.25, 0.3) is 0 Å². The van der Waals surface area contributed by atoms with Crippen LogP contribution in [0.5, 0.6) is 0 Å². The second-order valence-electron chi connectivity index (χ2n) is 32.6. The molecular weight excluding hydrogens is 1740 g/mol. The number of hydrogen-bond donors (Lipinski definition) is 1. The summed E-state index contributed by atoms with van der Waals surface area (Å²) in [6.45, 7) is 11.8. The van der Waals surface area contributed by atoms with Crippen LogP contribution in [0.1, 0.15) is 70.2 Å². The normalized spacial score (nSPS) is 23.7. The molecule has 638 valence electrons. The van der Waals surface area contributed by atoms with E-state index in [0.29, 0.717) is 110 Å². The molecule has 25 heteroatoms. The van der Waals surface area contributed by atoms with Crippen molar-refractivity contribution in [2.24, 2.45) is 0 Å². The summed E-state index contributed by atoms with van der Waals surface area (Å²) in [5.74, 6) is 0. The number of benzene rings is 12. The number of urea groups is 4. The van der Waals surface area contributed by atoms with Crippen LogP contribution in [0, 0.1) is 27.7 Å². The van der Waals surface area contributed by atoms with Gasteiger partial charge in [0.1, 0.15) is 22.2 Å². The number of nitrogens with zero attached hydrogens (tertiary/aromatic N) is 8. The summed E-state index contributed by atoms with van der Waals surface area (Å²) >= 11 is 49.1. The lowest BCUT2D eigenvalue weighted by Crippen LogP contribution is -2.60. The molecule has 6 unspecified atom stereocenters. The molecule has 0 aliphatic carbocycles. The van der Waals surface area contributed by atoms with Crippen LogP contribution in [0.15, 0.2) is 291 Å². The van der Waals surface area contributed by atoms with E-state index in [-0.39, 0.29) is 48.9 Å².